The van der Waals surface area contributed by atoms with Crippen LogP contribution in [0.4, 0.5) is 0 Å². The molecule has 6 rings (SSSR count). The molecular weight excluding hydrogens is 430 g/mol. The van der Waals surface area contributed by atoms with Crippen molar-refractivity contribution in [3.63, 3.8) is 0 Å². The molecule has 164 valence electrons. The number of hydrogen-bond donors (Lipinski definition) is 0. The van der Waals surface area contributed by atoms with Gasteiger partial charge in [0.25, 0.3) is 0 Å². The number of rotatable bonds is 4. The standard InChI is InChI=1S/C32H25NS/c1-2-22-18-26(23-11-13-24(14-12-23)30-9-6-7-17-33-30)20-27(19-22)25-15-16-32-29(21-25)28-8-4-3-5-10-31(28)34-32/h3-9,11-21H,2,10H2,1H3. The summed E-state index contributed by atoms with van der Waals surface area (Å²) >= 11 is 1.92. The maximum Gasteiger partial charge on any atom is 0.0701 e. The van der Waals surface area contributed by atoms with Gasteiger partial charge in [-0.15, -0.1) is 11.3 Å². The Hall–Kier alpha value is -3.75. The zero-order valence-electron chi connectivity index (χ0n) is 19.2. The molecule has 0 atom stereocenters. The fourth-order valence-corrected chi connectivity index (χ4v) is 5.83. The highest BCUT2D eigenvalue weighted by Crippen LogP contribution is 2.38. The average molecular weight is 456 g/mol. The van der Waals surface area contributed by atoms with Crippen LogP contribution in [0, 0.1) is 0 Å². The van der Waals surface area contributed by atoms with Crippen molar-refractivity contribution in [2.45, 2.75) is 19.8 Å². The number of aromatic nitrogens is 1. The van der Waals surface area contributed by atoms with Crippen molar-refractivity contribution in [3.8, 4) is 33.5 Å². The molecule has 0 amide bonds. The van der Waals surface area contributed by atoms with Gasteiger partial charge in [0, 0.05) is 33.1 Å². The highest BCUT2D eigenvalue weighted by Gasteiger charge is 2.12. The summed E-state index contributed by atoms with van der Waals surface area (Å²) in [7, 11) is 0. The quantitative estimate of drug-likeness (QED) is 0.263. The topological polar surface area (TPSA) is 12.9 Å². The van der Waals surface area contributed by atoms with Gasteiger partial charge in [-0.05, 0) is 70.1 Å². The molecule has 5 aromatic rings. The number of pyridine rings is 1. The molecule has 0 unspecified atom stereocenters. The van der Waals surface area contributed by atoms with E-state index >= 15 is 0 Å². The molecular formula is C32H25NS. The minimum Gasteiger partial charge on any atom is -0.256 e. The minimum absolute atomic E-state index is 1.00. The van der Waals surface area contributed by atoms with E-state index in [2.05, 4.69) is 103 Å². The van der Waals surface area contributed by atoms with Crippen LogP contribution in [-0.4, -0.2) is 4.98 Å². The van der Waals surface area contributed by atoms with E-state index in [-0.39, 0.29) is 0 Å². The smallest absolute Gasteiger partial charge is 0.0701 e. The first-order valence-electron chi connectivity index (χ1n) is 11.8. The summed E-state index contributed by atoms with van der Waals surface area (Å²) in [5.41, 5.74) is 9.93. The maximum absolute atomic E-state index is 4.48. The second-order valence-corrected chi connectivity index (χ2v) is 9.84. The monoisotopic (exact) mass is 455 g/mol. The second kappa shape index (κ2) is 8.89. The third kappa shape index (κ3) is 3.91. The van der Waals surface area contributed by atoms with E-state index in [4.69, 9.17) is 0 Å². The van der Waals surface area contributed by atoms with Crippen LogP contribution in [0.25, 0.3) is 49.7 Å². The first-order valence-corrected chi connectivity index (χ1v) is 12.6. The molecule has 0 bridgehead atoms. The predicted octanol–water partition coefficient (Wildman–Crippen LogP) is 8.99. The molecule has 0 N–H and O–H groups in total. The van der Waals surface area contributed by atoms with Gasteiger partial charge in [-0.3, -0.25) is 4.98 Å². The second-order valence-electron chi connectivity index (χ2n) is 8.71. The van der Waals surface area contributed by atoms with Crippen molar-refractivity contribution in [1.82, 2.24) is 4.98 Å². The molecule has 0 saturated carbocycles. The largest absolute Gasteiger partial charge is 0.256 e. The first kappa shape index (κ1) is 20.8. The van der Waals surface area contributed by atoms with Gasteiger partial charge >= 0.3 is 0 Å². The Bertz CT molecular complexity index is 1540. The van der Waals surface area contributed by atoms with Gasteiger partial charge in [0.2, 0.25) is 0 Å². The number of benzene rings is 3. The van der Waals surface area contributed by atoms with Crippen LogP contribution in [-0.2, 0) is 12.8 Å². The Kier molecular flexibility index (Phi) is 5.44. The highest BCUT2D eigenvalue weighted by atomic mass is 32.1. The number of nitrogens with zero attached hydrogens (tertiary/aromatic N) is 1. The number of hydrogen-bond acceptors (Lipinski definition) is 2. The lowest BCUT2D eigenvalue weighted by Gasteiger charge is -2.11. The zero-order chi connectivity index (χ0) is 22.9. The van der Waals surface area contributed by atoms with Crippen LogP contribution in [0.1, 0.15) is 22.9 Å². The lowest BCUT2D eigenvalue weighted by molar-refractivity contribution is 1.14. The van der Waals surface area contributed by atoms with E-state index in [0.29, 0.717) is 0 Å². The molecule has 1 nitrogen and oxygen atoms in total. The minimum atomic E-state index is 1.00. The van der Waals surface area contributed by atoms with Gasteiger partial charge in [-0.25, -0.2) is 0 Å². The van der Waals surface area contributed by atoms with Gasteiger partial charge in [0.1, 0.15) is 0 Å². The average Bonchev–Trinajstić information content (AvgIpc) is 3.08. The Morgan fingerprint density at radius 2 is 1.56 bits per heavy atom. The van der Waals surface area contributed by atoms with E-state index in [9.17, 15) is 0 Å². The lowest BCUT2D eigenvalue weighted by Crippen LogP contribution is -1.88. The van der Waals surface area contributed by atoms with Crippen LogP contribution in [0.5, 0.6) is 0 Å². The van der Waals surface area contributed by atoms with E-state index in [1.54, 1.807) is 0 Å². The summed E-state index contributed by atoms with van der Waals surface area (Å²) < 4.78 is 1.37. The molecule has 0 fully saturated rings. The van der Waals surface area contributed by atoms with Gasteiger partial charge in [-0.1, -0.05) is 79.8 Å². The van der Waals surface area contributed by atoms with Gasteiger partial charge in [-0.2, -0.15) is 0 Å². The maximum atomic E-state index is 4.48. The molecule has 0 saturated heterocycles. The van der Waals surface area contributed by atoms with Crippen molar-refractivity contribution in [2.24, 2.45) is 0 Å². The fraction of sp³-hybridized carbons (Fsp3) is 0.0938. The predicted molar refractivity (Wildman–Crippen MR) is 147 cm³/mol. The van der Waals surface area contributed by atoms with Crippen LogP contribution in [0.2, 0.25) is 0 Å². The summed E-state index contributed by atoms with van der Waals surface area (Å²) in [6, 6.07) is 28.7. The summed E-state index contributed by atoms with van der Waals surface area (Å²) in [6.45, 7) is 2.23. The molecule has 0 spiro atoms. The van der Waals surface area contributed by atoms with Crippen molar-refractivity contribution in [2.75, 3.05) is 0 Å². The normalized spacial score (nSPS) is 12.6. The third-order valence-corrected chi connectivity index (χ3v) is 7.74. The van der Waals surface area contributed by atoms with Crippen molar-refractivity contribution >= 4 is 27.5 Å². The lowest BCUT2D eigenvalue weighted by atomic mass is 9.94. The van der Waals surface area contributed by atoms with Gasteiger partial charge in [0.05, 0.1) is 5.69 Å². The number of thiophene rings is 1. The molecule has 0 aliphatic heterocycles. The zero-order valence-corrected chi connectivity index (χ0v) is 20.0. The van der Waals surface area contributed by atoms with Gasteiger partial charge in [0.15, 0.2) is 0 Å². The summed E-state index contributed by atoms with van der Waals surface area (Å²) in [4.78, 5) is 5.93. The van der Waals surface area contributed by atoms with Crippen LogP contribution in [0.3, 0.4) is 0 Å². The van der Waals surface area contributed by atoms with Crippen molar-refractivity contribution < 1.29 is 0 Å². The van der Waals surface area contributed by atoms with Crippen molar-refractivity contribution in [3.05, 3.63) is 119 Å². The van der Waals surface area contributed by atoms with E-state index in [0.717, 1.165) is 24.1 Å². The summed E-state index contributed by atoms with van der Waals surface area (Å²) in [5, 5.41) is 1.36. The first-order chi connectivity index (χ1) is 16.8. The molecule has 34 heavy (non-hydrogen) atoms. The van der Waals surface area contributed by atoms with Crippen LogP contribution < -0.4 is 0 Å². The third-order valence-electron chi connectivity index (χ3n) is 6.53. The number of fused-ring (bicyclic) bond motifs is 3. The van der Waals surface area contributed by atoms with Crippen LogP contribution in [0.15, 0.2) is 103 Å². The van der Waals surface area contributed by atoms with Crippen LogP contribution >= 0.6 is 11.3 Å². The summed E-state index contributed by atoms with van der Waals surface area (Å²) in [6.07, 6.45) is 12.7. The fourth-order valence-electron chi connectivity index (χ4n) is 4.68. The van der Waals surface area contributed by atoms with E-state index in [1.807, 2.05) is 29.7 Å². The van der Waals surface area contributed by atoms with Crippen molar-refractivity contribution in [1.29, 1.82) is 0 Å². The Balaban J connectivity index is 1.41. The summed E-state index contributed by atoms with van der Waals surface area (Å²) in [5.74, 6) is 0. The molecule has 3 aromatic carbocycles. The molecule has 1 aliphatic carbocycles. The molecule has 2 heteroatoms. The van der Waals surface area contributed by atoms with Gasteiger partial charge < -0.3 is 0 Å². The van der Waals surface area contributed by atoms with E-state index in [1.165, 1.54) is 48.3 Å². The Morgan fingerprint density at radius 1 is 0.765 bits per heavy atom. The highest BCUT2D eigenvalue weighted by molar-refractivity contribution is 7.19. The molecule has 2 heterocycles. The number of aryl methyl sites for hydroxylation is 1. The molecule has 0 radical (unpaired) electrons. The molecule has 1 aliphatic rings. The Morgan fingerprint density at radius 3 is 2.35 bits per heavy atom. The molecule has 2 aromatic heterocycles. The number of allylic oxidation sites excluding steroid dienone is 3. The van der Waals surface area contributed by atoms with E-state index < -0.39 is 0 Å². The Labute approximate surface area is 204 Å². The SMILES string of the molecule is CCc1cc(-c2ccc(-c3ccccn3)cc2)cc(-c2ccc3sc4c(c3c2)C=CC=CC4)c1.